The normalized spacial score (nSPS) is 30.6. The van der Waals surface area contributed by atoms with Gasteiger partial charge in [-0.05, 0) is 32.6 Å². The van der Waals surface area contributed by atoms with Gasteiger partial charge in [0.2, 0.25) is 0 Å². The smallest absolute Gasteiger partial charge is 0.255 e. The first-order valence-corrected chi connectivity index (χ1v) is 7.11. The molecule has 2 amide bonds. The highest BCUT2D eigenvalue weighted by atomic mass is 16.8. The van der Waals surface area contributed by atoms with Crippen LogP contribution in [0, 0.1) is 0 Å². The van der Waals surface area contributed by atoms with Gasteiger partial charge in [0.1, 0.15) is 0 Å². The van der Waals surface area contributed by atoms with Crippen molar-refractivity contribution in [3.63, 3.8) is 0 Å². The second-order valence-corrected chi connectivity index (χ2v) is 5.56. The lowest BCUT2D eigenvalue weighted by molar-refractivity contribution is -0.308. The van der Waals surface area contributed by atoms with E-state index in [2.05, 4.69) is 0 Å². The molecule has 2 saturated heterocycles. The molecular formula is C14H18N2O4. The molecule has 3 rings (SSSR count). The number of fused-ring (bicyclic) bond motifs is 2. The van der Waals surface area contributed by atoms with Crippen molar-refractivity contribution in [2.75, 3.05) is 0 Å². The largest absolute Gasteiger partial charge is 0.295 e. The van der Waals surface area contributed by atoms with Crippen molar-refractivity contribution >= 4 is 17.6 Å². The van der Waals surface area contributed by atoms with Gasteiger partial charge < -0.3 is 0 Å². The number of ketones is 1. The monoisotopic (exact) mass is 278 g/mol. The predicted octanol–water partition coefficient (Wildman–Crippen LogP) is 1.12. The molecule has 0 aromatic heterocycles. The molecule has 0 aliphatic carbocycles. The van der Waals surface area contributed by atoms with Crippen molar-refractivity contribution in [3.8, 4) is 0 Å². The Hall–Kier alpha value is -1.53. The third-order valence-electron chi connectivity index (χ3n) is 4.25. The van der Waals surface area contributed by atoms with Crippen LogP contribution in [0.25, 0.3) is 0 Å². The molecule has 0 radical (unpaired) electrons. The van der Waals surface area contributed by atoms with Gasteiger partial charge in [-0.1, -0.05) is 6.08 Å². The summed E-state index contributed by atoms with van der Waals surface area (Å²) >= 11 is 0. The Kier molecular flexibility index (Phi) is 3.43. The number of carbonyl (C=O) groups excluding carboxylic acids is 3. The molecule has 108 valence electrons. The molecule has 2 atom stereocenters. The zero-order chi connectivity index (χ0) is 14.3. The molecule has 2 bridgehead atoms. The molecule has 3 heterocycles. The number of imide groups is 1. The SMILES string of the molecule is CC(=O)C1=CCCC2CCC1N2ON1C(=O)CCC1=O. The Morgan fingerprint density at radius 1 is 1.20 bits per heavy atom. The van der Waals surface area contributed by atoms with Gasteiger partial charge in [0.05, 0.1) is 6.04 Å². The molecular weight excluding hydrogens is 260 g/mol. The van der Waals surface area contributed by atoms with Crippen LogP contribution < -0.4 is 0 Å². The Labute approximate surface area is 117 Å². The summed E-state index contributed by atoms with van der Waals surface area (Å²) in [5.41, 5.74) is 0.740. The van der Waals surface area contributed by atoms with Gasteiger partial charge >= 0.3 is 0 Å². The van der Waals surface area contributed by atoms with Crippen LogP contribution >= 0.6 is 0 Å². The van der Waals surface area contributed by atoms with Crippen molar-refractivity contribution in [3.05, 3.63) is 11.6 Å². The van der Waals surface area contributed by atoms with Gasteiger partial charge in [-0.3, -0.25) is 14.4 Å². The Bertz CT molecular complexity index is 483. The molecule has 3 aliphatic rings. The highest BCUT2D eigenvalue weighted by Crippen LogP contribution is 2.36. The summed E-state index contributed by atoms with van der Waals surface area (Å²) in [6.45, 7) is 1.55. The fourth-order valence-electron chi connectivity index (χ4n) is 3.23. The number of hydrogen-bond donors (Lipinski definition) is 0. The molecule has 2 fully saturated rings. The minimum Gasteiger partial charge on any atom is -0.295 e. The van der Waals surface area contributed by atoms with E-state index in [1.165, 1.54) is 0 Å². The Morgan fingerprint density at radius 3 is 2.55 bits per heavy atom. The highest BCUT2D eigenvalue weighted by Gasteiger charge is 2.43. The minimum atomic E-state index is -0.299. The van der Waals surface area contributed by atoms with E-state index in [-0.39, 0.29) is 42.5 Å². The number of hydroxylamine groups is 4. The van der Waals surface area contributed by atoms with Crippen molar-refractivity contribution < 1.29 is 19.3 Å². The van der Waals surface area contributed by atoms with Crippen LogP contribution in [0.4, 0.5) is 0 Å². The molecule has 0 aromatic rings. The second-order valence-electron chi connectivity index (χ2n) is 5.56. The summed E-state index contributed by atoms with van der Waals surface area (Å²) in [5, 5.41) is 2.57. The zero-order valence-corrected chi connectivity index (χ0v) is 11.5. The van der Waals surface area contributed by atoms with Crippen LogP contribution in [0.1, 0.15) is 45.4 Å². The molecule has 0 saturated carbocycles. The average molecular weight is 278 g/mol. The number of rotatable bonds is 3. The van der Waals surface area contributed by atoms with Crippen molar-refractivity contribution in [1.82, 2.24) is 10.1 Å². The lowest BCUT2D eigenvalue weighted by atomic mass is 9.97. The summed E-state index contributed by atoms with van der Waals surface area (Å²) in [6.07, 6.45) is 5.84. The highest BCUT2D eigenvalue weighted by molar-refractivity contribution is 6.00. The number of carbonyl (C=O) groups is 3. The topological polar surface area (TPSA) is 66.9 Å². The molecule has 3 aliphatic heterocycles. The number of Topliss-reactive ketones (excluding diaryl/α,β-unsaturated/α-hetero) is 1. The Balaban J connectivity index is 1.82. The van der Waals surface area contributed by atoms with E-state index in [9.17, 15) is 14.4 Å². The van der Waals surface area contributed by atoms with E-state index in [1.54, 1.807) is 12.0 Å². The van der Waals surface area contributed by atoms with Gasteiger partial charge in [-0.15, -0.1) is 5.06 Å². The quantitative estimate of drug-likeness (QED) is 0.724. The molecule has 0 N–H and O–H groups in total. The van der Waals surface area contributed by atoms with Crippen molar-refractivity contribution in [2.45, 2.75) is 57.5 Å². The molecule has 6 nitrogen and oxygen atoms in total. The van der Waals surface area contributed by atoms with E-state index < -0.39 is 0 Å². The van der Waals surface area contributed by atoms with Crippen LogP contribution in [0.3, 0.4) is 0 Å². The van der Waals surface area contributed by atoms with Gasteiger partial charge in [-0.25, -0.2) is 0 Å². The van der Waals surface area contributed by atoms with E-state index in [0.29, 0.717) is 0 Å². The second kappa shape index (κ2) is 5.10. The van der Waals surface area contributed by atoms with Gasteiger partial charge in [0.25, 0.3) is 11.8 Å². The maximum Gasteiger partial charge on any atom is 0.255 e. The third kappa shape index (κ3) is 2.19. The van der Waals surface area contributed by atoms with Gasteiger partial charge in [0, 0.05) is 24.5 Å². The molecule has 20 heavy (non-hydrogen) atoms. The van der Waals surface area contributed by atoms with E-state index >= 15 is 0 Å². The number of amides is 2. The third-order valence-corrected chi connectivity index (χ3v) is 4.25. The summed E-state index contributed by atoms with van der Waals surface area (Å²) in [4.78, 5) is 40.7. The fourth-order valence-corrected chi connectivity index (χ4v) is 3.23. The van der Waals surface area contributed by atoms with E-state index in [4.69, 9.17) is 4.94 Å². The standard InChI is InChI=1S/C14H18N2O4/c1-9(17)11-4-2-3-10-5-6-12(11)15(10)20-16-13(18)7-8-14(16)19/h4,10,12H,2-3,5-8H2,1H3. The van der Waals surface area contributed by atoms with Crippen LogP contribution in [0.5, 0.6) is 0 Å². The van der Waals surface area contributed by atoms with Crippen LogP contribution in [0.2, 0.25) is 0 Å². The van der Waals surface area contributed by atoms with Crippen molar-refractivity contribution in [2.24, 2.45) is 0 Å². The summed E-state index contributed by atoms with van der Waals surface area (Å²) in [5.74, 6) is -0.566. The Morgan fingerprint density at radius 2 is 1.90 bits per heavy atom. The number of nitrogens with zero attached hydrogens (tertiary/aromatic N) is 2. The fraction of sp³-hybridized carbons (Fsp3) is 0.643. The molecule has 0 aromatic carbocycles. The summed E-state index contributed by atoms with van der Waals surface area (Å²) < 4.78 is 0. The van der Waals surface area contributed by atoms with E-state index in [1.807, 2.05) is 6.08 Å². The lowest BCUT2D eigenvalue weighted by Crippen LogP contribution is -2.45. The number of allylic oxidation sites excluding steroid dienone is 1. The number of hydrogen-bond acceptors (Lipinski definition) is 5. The van der Waals surface area contributed by atoms with Crippen molar-refractivity contribution in [1.29, 1.82) is 0 Å². The molecule has 6 heteroatoms. The van der Waals surface area contributed by atoms with Crippen LogP contribution in [0.15, 0.2) is 11.6 Å². The first-order valence-electron chi connectivity index (χ1n) is 7.11. The molecule has 0 spiro atoms. The first-order chi connectivity index (χ1) is 9.58. The van der Waals surface area contributed by atoms with Crippen LogP contribution in [-0.4, -0.2) is 39.8 Å². The predicted molar refractivity (Wildman–Crippen MR) is 68.8 cm³/mol. The summed E-state index contributed by atoms with van der Waals surface area (Å²) in [7, 11) is 0. The van der Waals surface area contributed by atoms with E-state index in [0.717, 1.165) is 36.3 Å². The minimum absolute atomic E-state index is 0.0326. The molecule has 2 unspecified atom stereocenters. The lowest BCUT2D eigenvalue weighted by Gasteiger charge is -2.30. The maximum atomic E-state index is 11.8. The van der Waals surface area contributed by atoms with Gasteiger partial charge in [0.15, 0.2) is 5.78 Å². The summed E-state index contributed by atoms with van der Waals surface area (Å²) in [6, 6.07) is 0.0236. The van der Waals surface area contributed by atoms with Crippen LogP contribution in [-0.2, 0) is 19.3 Å². The van der Waals surface area contributed by atoms with Gasteiger partial charge in [-0.2, -0.15) is 10.0 Å². The maximum absolute atomic E-state index is 11.8. The zero-order valence-electron chi connectivity index (χ0n) is 11.5. The first kappa shape index (κ1) is 13.5. The average Bonchev–Trinajstić information content (AvgIpc) is 2.83.